The highest BCUT2D eigenvalue weighted by Gasteiger charge is 2.21. The van der Waals surface area contributed by atoms with Gasteiger partial charge in [0.1, 0.15) is 17.3 Å². The van der Waals surface area contributed by atoms with Gasteiger partial charge in [-0.25, -0.2) is 0 Å². The highest BCUT2D eigenvalue weighted by atomic mass is 32.1. The summed E-state index contributed by atoms with van der Waals surface area (Å²) in [5.41, 5.74) is 5.61. The first-order valence-corrected chi connectivity index (χ1v) is 6.02. The Morgan fingerprint density at radius 3 is 2.67 bits per heavy atom. The molecule has 0 radical (unpaired) electrons. The van der Waals surface area contributed by atoms with E-state index in [1.807, 2.05) is 20.8 Å². The molecule has 0 bridgehead atoms. The summed E-state index contributed by atoms with van der Waals surface area (Å²) in [6.45, 7) is 5.76. The quantitative estimate of drug-likeness (QED) is 0.821. The minimum Gasteiger partial charge on any atom is -0.486 e. The molecule has 4 nitrogen and oxygen atoms in total. The molecule has 0 aliphatic rings. The largest absolute Gasteiger partial charge is 0.486 e. The number of nitrogens with two attached hydrogens (primary N) is 1. The third-order valence-corrected chi connectivity index (χ3v) is 2.27. The number of anilines is 1. The fourth-order valence-electron chi connectivity index (χ4n) is 1.14. The number of thiocarbonyl (C=S) groups is 1. The summed E-state index contributed by atoms with van der Waals surface area (Å²) in [4.78, 5) is 12.1. The van der Waals surface area contributed by atoms with Gasteiger partial charge < -0.3 is 15.8 Å². The van der Waals surface area contributed by atoms with Gasteiger partial charge in [0.15, 0.2) is 0 Å². The number of carbonyl (C=O) groups is 1. The average molecular weight is 266 g/mol. The molecule has 0 aliphatic heterocycles. The van der Waals surface area contributed by atoms with E-state index < -0.39 is 5.41 Å². The molecule has 98 valence electrons. The lowest BCUT2D eigenvalue weighted by Crippen LogP contribution is -2.27. The second-order valence-electron chi connectivity index (χ2n) is 4.99. The zero-order chi connectivity index (χ0) is 13.8. The predicted molar refractivity (Wildman–Crippen MR) is 76.8 cm³/mol. The molecule has 18 heavy (non-hydrogen) atoms. The van der Waals surface area contributed by atoms with Crippen LogP contribution in [0, 0.1) is 5.41 Å². The lowest BCUT2D eigenvalue weighted by Gasteiger charge is -2.18. The van der Waals surface area contributed by atoms with Crippen molar-refractivity contribution in [3.63, 3.8) is 0 Å². The fourth-order valence-corrected chi connectivity index (χ4v) is 1.20. The van der Waals surface area contributed by atoms with Crippen LogP contribution in [0.15, 0.2) is 24.3 Å². The van der Waals surface area contributed by atoms with Crippen LogP contribution in [0.1, 0.15) is 20.8 Å². The molecule has 1 amide bonds. The van der Waals surface area contributed by atoms with Gasteiger partial charge in [0.25, 0.3) is 0 Å². The monoisotopic (exact) mass is 266 g/mol. The van der Waals surface area contributed by atoms with Crippen LogP contribution in [0.2, 0.25) is 0 Å². The van der Waals surface area contributed by atoms with E-state index in [4.69, 9.17) is 22.7 Å². The van der Waals surface area contributed by atoms with Crippen LogP contribution in [0.25, 0.3) is 0 Å². The molecular weight excluding hydrogens is 248 g/mol. The zero-order valence-corrected chi connectivity index (χ0v) is 11.6. The van der Waals surface area contributed by atoms with E-state index in [0.717, 1.165) is 0 Å². The first-order valence-electron chi connectivity index (χ1n) is 5.61. The molecule has 1 aromatic carbocycles. The van der Waals surface area contributed by atoms with Crippen molar-refractivity contribution in [2.75, 3.05) is 11.9 Å². The van der Waals surface area contributed by atoms with Gasteiger partial charge in [-0.2, -0.15) is 0 Å². The number of carbonyl (C=O) groups excluding carboxylic acids is 1. The van der Waals surface area contributed by atoms with Crippen molar-refractivity contribution in [2.45, 2.75) is 20.8 Å². The van der Waals surface area contributed by atoms with Gasteiger partial charge >= 0.3 is 0 Å². The van der Waals surface area contributed by atoms with Crippen molar-refractivity contribution < 1.29 is 9.53 Å². The summed E-state index contributed by atoms with van der Waals surface area (Å²) >= 11 is 4.73. The first kappa shape index (κ1) is 14.4. The van der Waals surface area contributed by atoms with Gasteiger partial charge in [0, 0.05) is 17.2 Å². The van der Waals surface area contributed by atoms with E-state index in [1.54, 1.807) is 24.3 Å². The lowest BCUT2D eigenvalue weighted by atomic mass is 9.95. The van der Waals surface area contributed by atoms with Crippen LogP contribution >= 0.6 is 12.2 Å². The number of ether oxygens (including phenoxy) is 1. The lowest BCUT2D eigenvalue weighted by molar-refractivity contribution is -0.123. The summed E-state index contributed by atoms with van der Waals surface area (Å²) in [7, 11) is 0. The van der Waals surface area contributed by atoms with Crippen molar-refractivity contribution in [2.24, 2.45) is 11.1 Å². The number of hydrogen-bond donors (Lipinski definition) is 2. The van der Waals surface area contributed by atoms with E-state index in [-0.39, 0.29) is 12.5 Å². The molecule has 1 aromatic rings. The first-order chi connectivity index (χ1) is 8.29. The number of benzene rings is 1. The second kappa shape index (κ2) is 5.82. The zero-order valence-electron chi connectivity index (χ0n) is 10.8. The molecule has 0 saturated heterocycles. The van der Waals surface area contributed by atoms with Crippen LogP contribution in [0.3, 0.4) is 0 Å². The van der Waals surface area contributed by atoms with Crippen LogP contribution in [0.4, 0.5) is 5.69 Å². The molecule has 0 heterocycles. The minimum atomic E-state index is -0.435. The Hall–Kier alpha value is -1.62. The number of hydrogen-bond acceptors (Lipinski definition) is 3. The van der Waals surface area contributed by atoms with E-state index in [9.17, 15) is 4.79 Å². The highest BCUT2D eigenvalue weighted by Crippen LogP contribution is 2.21. The SMILES string of the molecule is CC(C)(C)C(=O)Nc1cccc(OCC(N)=S)c1. The topological polar surface area (TPSA) is 64.3 Å². The molecule has 0 fully saturated rings. The van der Waals surface area contributed by atoms with Crippen LogP contribution < -0.4 is 15.8 Å². The molecule has 0 unspecified atom stereocenters. The minimum absolute atomic E-state index is 0.0472. The molecule has 5 heteroatoms. The van der Waals surface area contributed by atoms with Crippen molar-refractivity contribution in [3.8, 4) is 5.75 Å². The average Bonchev–Trinajstić information content (AvgIpc) is 2.25. The molecule has 3 N–H and O–H groups in total. The molecule has 0 aromatic heterocycles. The Bertz CT molecular complexity index is 453. The number of nitrogens with one attached hydrogen (secondary N) is 1. The maximum atomic E-state index is 11.8. The van der Waals surface area contributed by atoms with E-state index in [0.29, 0.717) is 16.4 Å². The Labute approximate surface area is 113 Å². The standard InChI is InChI=1S/C13H18N2O2S/c1-13(2,3)12(16)15-9-5-4-6-10(7-9)17-8-11(14)18/h4-7H,8H2,1-3H3,(H2,14,18)(H,15,16). The van der Waals surface area contributed by atoms with Crippen molar-refractivity contribution in [1.29, 1.82) is 0 Å². The second-order valence-corrected chi connectivity index (χ2v) is 5.51. The molecular formula is C13H18N2O2S. The summed E-state index contributed by atoms with van der Waals surface area (Å²) < 4.78 is 5.36. The molecule has 0 aliphatic carbocycles. The van der Waals surface area contributed by atoms with E-state index in [1.165, 1.54) is 0 Å². The molecule has 0 spiro atoms. The third kappa shape index (κ3) is 4.71. The van der Waals surface area contributed by atoms with Gasteiger partial charge in [-0.3, -0.25) is 4.79 Å². The van der Waals surface area contributed by atoms with Crippen LogP contribution in [0.5, 0.6) is 5.75 Å². The van der Waals surface area contributed by atoms with E-state index >= 15 is 0 Å². The highest BCUT2D eigenvalue weighted by molar-refractivity contribution is 7.80. The maximum Gasteiger partial charge on any atom is 0.229 e. The van der Waals surface area contributed by atoms with Crippen LogP contribution in [-0.4, -0.2) is 17.5 Å². The number of amides is 1. The third-order valence-electron chi connectivity index (χ3n) is 2.15. The normalized spacial score (nSPS) is 10.8. The van der Waals surface area contributed by atoms with Gasteiger partial charge in [0.05, 0.1) is 0 Å². The van der Waals surface area contributed by atoms with Gasteiger partial charge in [-0.1, -0.05) is 39.1 Å². The summed E-state index contributed by atoms with van der Waals surface area (Å²) in [6, 6.07) is 7.12. The maximum absolute atomic E-state index is 11.8. The fraction of sp³-hybridized carbons (Fsp3) is 0.385. The van der Waals surface area contributed by atoms with E-state index in [2.05, 4.69) is 5.32 Å². The van der Waals surface area contributed by atoms with Crippen molar-refractivity contribution in [1.82, 2.24) is 0 Å². The van der Waals surface area contributed by atoms with Crippen molar-refractivity contribution >= 4 is 28.8 Å². The van der Waals surface area contributed by atoms with Gasteiger partial charge in [-0.05, 0) is 12.1 Å². The summed E-state index contributed by atoms with van der Waals surface area (Å²) in [5, 5.41) is 2.83. The molecule has 0 atom stereocenters. The Morgan fingerprint density at radius 1 is 1.44 bits per heavy atom. The summed E-state index contributed by atoms with van der Waals surface area (Å²) in [6.07, 6.45) is 0. The summed E-state index contributed by atoms with van der Waals surface area (Å²) in [5.74, 6) is 0.573. The Kier molecular flexibility index (Phi) is 4.67. The molecule has 0 saturated carbocycles. The van der Waals surface area contributed by atoms with Gasteiger partial charge in [0.2, 0.25) is 5.91 Å². The van der Waals surface area contributed by atoms with Crippen LogP contribution in [-0.2, 0) is 4.79 Å². The van der Waals surface area contributed by atoms with Gasteiger partial charge in [-0.15, -0.1) is 0 Å². The predicted octanol–water partition coefficient (Wildman–Crippen LogP) is 2.34. The smallest absolute Gasteiger partial charge is 0.229 e. The Morgan fingerprint density at radius 2 is 2.11 bits per heavy atom. The Balaban J connectivity index is 2.70. The number of rotatable bonds is 4. The molecule has 1 rings (SSSR count). The van der Waals surface area contributed by atoms with Crippen molar-refractivity contribution in [3.05, 3.63) is 24.3 Å².